The second-order valence-corrected chi connectivity index (χ2v) is 27.2. The summed E-state index contributed by atoms with van der Waals surface area (Å²) in [4.78, 5) is 4.91. The molecule has 0 amide bonds. The summed E-state index contributed by atoms with van der Waals surface area (Å²) in [5.74, 6) is 0. The van der Waals surface area contributed by atoms with Crippen molar-refractivity contribution in [1.82, 2.24) is 0 Å². The van der Waals surface area contributed by atoms with Crippen molar-refractivity contribution in [2.45, 2.75) is 88.1 Å². The van der Waals surface area contributed by atoms with Gasteiger partial charge in [-0.1, -0.05) is 243 Å². The highest BCUT2D eigenvalue weighted by molar-refractivity contribution is 6.09. The quantitative estimate of drug-likeness (QED) is 0.0894. The molecule has 0 unspecified atom stereocenters. The SMILES string of the molecule is CN1/C(=C/C=C/C2=[N+](Cc3ccc(C[N+]4=C(/C=C/C=C5/N(C)c6ccccc6C5(Cc5ccccc5)Cc5ccccc5)C(C)(C)c5c4ccc4ccccc54)cc3)c3ccc4ccccc4c3C2(C)C)C(Cc2ccccc2)(Cc2ccccc2)c2ccccc21. The lowest BCUT2D eigenvalue weighted by atomic mass is 9.70. The first-order valence-corrected chi connectivity index (χ1v) is 32.9. The lowest BCUT2D eigenvalue weighted by Gasteiger charge is -2.33. The molecule has 450 valence electrons. The highest BCUT2D eigenvalue weighted by Crippen LogP contribution is 2.54. The van der Waals surface area contributed by atoms with Crippen LogP contribution in [0.2, 0.25) is 0 Å². The third-order valence-electron chi connectivity index (χ3n) is 20.9. The highest BCUT2D eigenvalue weighted by Gasteiger charge is 2.50. The van der Waals surface area contributed by atoms with Gasteiger partial charge in [0.05, 0.1) is 10.8 Å². The molecule has 0 N–H and O–H groups in total. The molecule has 92 heavy (non-hydrogen) atoms. The van der Waals surface area contributed by atoms with Gasteiger partial charge in [0.25, 0.3) is 0 Å². The smallest absolute Gasteiger partial charge is 0.210 e. The average molecular weight is 1190 g/mol. The number of para-hydroxylation sites is 2. The van der Waals surface area contributed by atoms with Gasteiger partial charge in [0, 0.05) is 94.2 Å². The molecule has 0 fully saturated rings. The Morgan fingerprint density at radius 3 is 1.00 bits per heavy atom. The van der Waals surface area contributed by atoms with Gasteiger partial charge in [0.2, 0.25) is 11.4 Å². The summed E-state index contributed by atoms with van der Waals surface area (Å²) in [6.07, 6.45) is 18.0. The predicted molar refractivity (Wildman–Crippen MR) is 386 cm³/mol. The summed E-state index contributed by atoms with van der Waals surface area (Å²) >= 11 is 0. The van der Waals surface area contributed by atoms with Crippen LogP contribution >= 0.6 is 0 Å². The Kier molecular flexibility index (Phi) is 14.9. The Bertz CT molecular complexity index is 4420. The molecule has 0 saturated carbocycles. The van der Waals surface area contributed by atoms with Crippen LogP contribution in [0.5, 0.6) is 0 Å². The van der Waals surface area contributed by atoms with Gasteiger partial charge in [-0.3, -0.25) is 0 Å². The maximum absolute atomic E-state index is 2.60. The zero-order valence-corrected chi connectivity index (χ0v) is 53.9. The summed E-state index contributed by atoms with van der Waals surface area (Å²) in [5.41, 5.74) is 22.5. The molecule has 4 aliphatic rings. The minimum Gasteiger partial charge on any atom is -0.347 e. The van der Waals surface area contributed by atoms with E-state index in [2.05, 4.69) is 364 Å². The van der Waals surface area contributed by atoms with Crippen LogP contribution in [0.4, 0.5) is 22.7 Å². The molecule has 4 heterocycles. The summed E-state index contributed by atoms with van der Waals surface area (Å²) in [6.45, 7) is 11.2. The van der Waals surface area contributed by atoms with Gasteiger partial charge in [-0.25, -0.2) is 0 Å². The molecule has 0 aromatic heterocycles. The first-order chi connectivity index (χ1) is 44.9. The van der Waals surface area contributed by atoms with Gasteiger partial charge < -0.3 is 9.80 Å². The van der Waals surface area contributed by atoms with Crippen LogP contribution in [0.1, 0.15) is 83.3 Å². The lowest BCUT2D eigenvalue weighted by molar-refractivity contribution is -0.455. The zero-order chi connectivity index (χ0) is 62.6. The van der Waals surface area contributed by atoms with Crippen molar-refractivity contribution in [3.8, 4) is 0 Å². The van der Waals surface area contributed by atoms with Crippen LogP contribution in [-0.2, 0) is 60.4 Å². The second kappa shape index (κ2) is 23.6. The summed E-state index contributed by atoms with van der Waals surface area (Å²) < 4.78 is 5.20. The predicted octanol–water partition coefficient (Wildman–Crippen LogP) is 19.8. The molecule has 11 aromatic rings. The van der Waals surface area contributed by atoms with Crippen molar-refractivity contribution in [3.63, 3.8) is 0 Å². The third kappa shape index (κ3) is 10.1. The Hall–Kier alpha value is -10.2. The summed E-state index contributed by atoms with van der Waals surface area (Å²) in [7, 11) is 4.53. The normalized spacial score (nSPS) is 17.5. The van der Waals surface area contributed by atoms with Crippen molar-refractivity contribution in [3.05, 3.63) is 370 Å². The molecular weight excluding hydrogens is 1110 g/mol. The molecule has 0 aliphatic carbocycles. The number of nitrogens with zero attached hydrogens (tertiary/aromatic N) is 4. The Balaban J connectivity index is 0.806. The van der Waals surface area contributed by atoms with E-state index in [4.69, 9.17) is 0 Å². The summed E-state index contributed by atoms with van der Waals surface area (Å²) in [5, 5.41) is 5.16. The fraction of sp³-hybridized carbons (Fsp3) is 0.182. The number of fused-ring (bicyclic) bond motifs is 8. The highest BCUT2D eigenvalue weighted by atomic mass is 15.2. The topological polar surface area (TPSA) is 12.5 Å². The number of benzene rings is 11. The van der Waals surface area contributed by atoms with Gasteiger partial charge in [-0.05, 0) is 145 Å². The molecule has 11 aromatic carbocycles. The monoisotopic (exact) mass is 1190 g/mol. The fourth-order valence-corrected chi connectivity index (χ4v) is 16.7. The van der Waals surface area contributed by atoms with E-state index in [0.717, 1.165) is 38.8 Å². The number of likely N-dealkylation sites (N-methyl/N-ethyl adjacent to an activating group) is 2. The molecular formula is C88H80N4+2. The van der Waals surface area contributed by atoms with Crippen molar-refractivity contribution in [1.29, 1.82) is 0 Å². The number of rotatable bonds is 16. The first-order valence-electron chi connectivity index (χ1n) is 32.9. The fourth-order valence-electron chi connectivity index (χ4n) is 16.7. The zero-order valence-electron chi connectivity index (χ0n) is 53.9. The van der Waals surface area contributed by atoms with Crippen molar-refractivity contribution < 1.29 is 9.15 Å². The van der Waals surface area contributed by atoms with Gasteiger partial charge >= 0.3 is 0 Å². The molecule has 0 bridgehead atoms. The van der Waals surface area contributed by atoms with E-state index in [0.29, 0.717) is 0 Å². The van der Waals surface area contributed by atoms with E-state index < -0.39 is 0 Å². The Morgan fingerprint density at radius 2 is 0.641 bits per heavy atom. The van der Waals surface area contributed by atoms with E-state index in [1.807, 2.05) is 0 Å². The number of anilines is 2. The Morgan fingerprint density at radius 1 is 0.326 bits per heavy atom. The molecule has 0 spiro atoms. The molecule has 15 rings (SSSR count). The van der Waals surface area contributed by atoms with Crippen LogP contribution < -0.4 is 9.80 Å². The van der Waals surface area contributed by atoms with E-state index in [-0.39, 0.29) is 21.7 Å². The summed E-state index contributed by atoms with van der Waals surface area (Å²) in [6, 6.07) is 99.2. The first kappa shape index (κ1) is 58.2. The van der Waals surface area contributed by atoms with E-state index in [1.165, 1.54) is 123 Å². The van der Waals surface area contributed by atoms with Crippen molar-refractivity contribution in [2.24, 2.45) is 0 Å². The maximum atomic E-state index is 2.60. The van der Waals surface area contributed by atoms with Crippen LogP contribution in [0.15, 0.2) is 315 Å². The van der Waals surface area contributed by atoms with Gasteiger partial charge in [0.15, 0.2) is 24.5 Å². The van der Waals surface area contributed by atoms with Crippen LogP contribution in [0.25, 0.3) is 21.5 Å². The molecule has 4 nitrogen and oxygen atoms in total. The molecule has 0 atom stereocenters. The van der Waals surface area contributed by atoms with Crippen LogP contribution in [-0.4, -0.2) is 34.7 Å². The van der Waals surface area contributed by atoms with E-state index in [9.17, 15) is 0 Å². The standard InChI is InChI=1S/C88H80N4/c1-85(2)79(45-27-47-81-87(57-63-29-11-7-12-30-63,58-64-31-13-8-14-32-64)73-41-23-25-43-75(73)89(81)5)91(77-55-53-69-37-19-21-39-71(69)83(77)85)61-67-49-51-68(52-50-67)62-92-78-56-54-70-38-20-22-40-72(70)84(78)86(3,4)80(92)46-28-48-82-88(59-65-33-15-9-16-34-65,60-66-35-17-10-18-36-66)74-42-24-26-44-76(74)90(82)6/h7-56H,57-62H2,1-6H3/q+2. The molecule has 0 radical (unpaired) electrons. The average Bonchev–Trinajstić information content (AvgIpc) is 1.60. The van der Waals surface area contributed by atoms with Crippen molar-refractivity contribution >= 4 is 55.7 Å². The minimum absolute atomic E-state index is 0.292. The van der Waals surface area contributed by atoms with Gasteiger partial charge in [-0.2, -0.15) is 9.15 Å². The second-order valence-electron chi connectivity index (χ2n) is 27.2. The minimum atomic E-state index is -0.293. The molecule has 4 aliphatic heterocycles. The van der Waals surface area contributed by atoms with E-state index in [1.54, 1.807) is 0 Å². The molecule has 4 heteroatoms. The van der Waals surface area contributed by atoms with Crippen LogP contribution in [0, 0.1) is 0 Å². The third-order valence-corrected chi connectivity index (χ3v) is 20.9. The largest absolute Gasteiger partial charge is 0.347 e. The van der Waals surface area contributed by atoms with Gasteiger partial charge in [-0.15, -0.1) is 0 Å². The molecule has 0 saturated heterocycles. The maximum Gasteiger partial charge on any atom is 0.210 e. The lowest BCUT2D eigenvalue weighted by Crippen LogP contribution is -2.34. The van der Waals surface area contributed by atoms with Crippen LogP contribution in [0.3, 0.4) is 0 Å². The number of allylic oxidation sites excluding steroid dienone is 8. The van der Waals surface area contributed by atoms with Crippen molar-refractivity contribution in [2.75, 3.05) is 23.9 Å². The van der Waals surface area contributed by atoms with Gasteiger partial charge in [0.1, 0.15) is 0 Å². The van der Waals surface area contributed by atoms with E-state index >= 15 is 0 Å². The Labute approximate surface area is 544 Å². The number of hydrogen-bond acceptors (Lipinski definition) is 2. The number of hydrogen-bond donors (Lipinski definition) is 0.